The monoisotopic (exact) mass is 514 g/mol. The van der Waals surface area contributed by atoms with E-state index in [-0.39, 0.29) is 11.7 Å². The van der Waals surface area contributed by atoms with Crippen molar-refractivity contribution in [2.24, 2.45) is 5.10 Å². The van der Waals surface area contributed by atoms with Crippen LogP contribution in [0.1, 0.15) is 31.8 Å². The van der Waals surface area contributed by atoms with Gasteiger partial charge in [-0.25, -0.2) is 10.2 Å². The minimum Gasteiger partial charge on any atom is -0.493 e. The SMILES string of the molecule is COc1cc(C=NNC(=O)c2ccc(OCc3ccccc3)cc2)ccc1OC(=O)c1ccc(Cl)cc1. The number of hydrogen-bond acceptors (Lipinski definition) is 6. The predicted molar refractivity (Wildman–Crippen MR) is 142 cm³/mol. The summed E-state index contributed by atoms with van der Waals surface area (Å²) >= 11 is 5.86. The van der Waals surface area contributed by atoms with Crippen LogP contribution in [0.15, 0.2) is 102 Å². The highest BCUT2D eigenvalue weighted by molar-refractivity contribution is 6.30. The number of nitrogens with one attached hydrogen (secondary N) is 1. The first-order valence-corrected chi connectivity index (χ1v) is 11.7. The molecule has 0 bridgehead atoms. The van der Waals surface area contributed by atoms with Gasteiger partial charge in [0.05, 0.1) is 18.9 Å². The number of hydrazone groups is 1. The van der Waals surface area contributed by atoms with E-state index in [4.69, 9.17) is 25.8 Å². The summed E-state index contributed by atoms with van der Waals surface area (Å²) in [5.41, 5.74) is 4.97. The number of rotatable bonds is 9. The van der Waals surface area contributed by atoms with Crippen LogP contribution >= 0.6 is 11.6 Å². The van der Waals surface area contributed by atoms with E-state index in [0.29, 0.717) is 39.8 Å². The number of hydrogen-bond donors (Lipinski definition) is 1. The van der Waals surface area contributed by atoms with Gasteiger partial charge in [-0.05, 0) is 77.9 Å². The number of carbonyl (C=O) groups is 2. The molecule has 7 nitrogen and oxygen atoms in total. The molecular formula is C29H23ClN2O5. The lowest BCUT2D eigenvalue weighted by Gasteiger charge is -2.10. The molecule has 4 aromatic carbocycles. The molecule has 4 aromatic rings. The number of esters is 1. The second-order valence-corrected chi connectivity index (χ2v) is 8.24. The third kappa shape index (κ3) is 7.19. The van der Waals surface area contributed by atoms with Crippen molar-refractivity contribution < 1.29 is 23.8 Å². The Balaban J connectivity index is 1.32. The van der Waals surface area contributed by atoms with Gasteiger partial charge in [-0.1, -0.05) is 41.9 Å². The average Bonchev–Trinajstić information content (AvgIpc) is 2.93. The molecule has 0 saturated heterocycles. The van der Waals surface area contributed by atoms with Crippen LogP contribution < -0.4 is 19.6 Å². The minimum atomic E-state index is -0.542. The van der Waals surface area contributed by atoms with Crippen molar-refractivity contribution in [3.05, 3.63) is 124 Å². The molecule has 0 heterocycles. The Hall–Kier alpha value is -4.62. The number of benzene rings is 4. The molecule has 0 aliphatic heterocycles. The summed E-state index contributed by atoms with van der Waals surface area (Å²) in [5.74, 6) is 0.334. The third-order valence-electron chi connectivity index (χ3n) is 5.21. The number of nitrogens with zero attached hydrogens (tertiary/aromatic N) is 1. The topological polar surface area (TPSA) is 86.2 Å². The smallest absolute Gasteiger partial charge is 0.343 e. The van der Waals surface area contributed by atoms with Crippen LogP contribution in [0.25, 0.3) is 0 Å². The van der Waals surface area contributed by atoms with E-state index in [1.165, 1.54) is 13.3 Å². The Kier molecular flexibility index (Phi) is 8.52. The van der Waals surface area contributed by atoms with E-state index in [1.54, 1.807) is 66.7 Å². The summed E-state index contributed by atoms with van der Waals surface area (Å²) in [6, 6.07) is 27.9. The lowest BCUT2D eigenvalue weighted by Crippen LogP contribution is -2.17. The maximum absolute atomic E-state index is 12.4. The fraction of sp³-hybridized carbons (Fsp3) is 0.0690. The van der Waals surface area contributed by atoms with Gasteiger partial charge in [-0.15, -0.1) is 0 Å². The minimum absolute atomic E-state index is 0.248. The molecule has 0 fully saturated rings. The van der Waals surface area contributed by atoms with Crippen molar-refractivity contribution in [1.29, 1.82) is 0 Å². The molecule has 1 N–H and O–H groups in total. The standard InChI is InChI=1S/C29H23ClN2O5/c1-35-27-17-21(7-16-26(27)37-29(34)23-8-12-24(30)13-9-23)18-31-32-28(33)22-10-14-25(15-11-22)36-19-20-5-3-2-4-6-20/h2-18H,19H2,1H3,(H,32,33). The molecule has 0 aliphatic rings. The number of ether oxygens (including phenoxy) is 3. The highest BCUT2D eigenvalue weighted by Gasteiger charge is 2.13. The van der Waals surface area contributed by atoms with Crippen LogP contribution in [0.4, 0.5) is 0 Å². The van der Waals surface area contributed by atoms with Gasteiger partial charge in [0.2, 0.25) is 0 Å². The summed E-state index contributed by atoms with van der Waals surface area (Å²) in [4.78, 5) is 24.8. The quantitative estimate of drug-likeness (QED) is 0.130. The maximum atomic E-state index is 12.4. The molecule has 0 unspecified atom stereocenters. The normalized spacial score (nSPS) is 10.6. The predicted octanol–water partition coefficient (Wildman–Crippen LogP) is 5.91. The van der Waals surface area contributed by atoms with Gasteiger partial charge in [0.25, 0.3) is 5.91 Å². The maximum Gasteiger partial charge on any atom is 0.343 e. The molecule has 4 rings (SSSR count). The first-order valence-electron chi connectivity index (χ1n) is 11.3. The zero-order valence-corrected chi connectivity index (χ0v) is 20.6. The molecule has 186 valence electrons. The highest BCUT2D eigenvalue weighted by Crippen LogP contribution is 2.28. The fourth-order valence-corrected chi connectivity index (χ4v) is 3.39. The molecule has 37 heavy (non-hydrogen) atoms. The first kappa shape index (κ1) is 25.5. The van der Waals surface area contributed by atoms with E-state index in [0.717, 1.165) is 5.56 Å². The largest absolute Gasteiger partial charge is 0.493 e. The Morgan fingerprint density at radius 2 is 1.57 bits per heavy atom. The van der Waals surface area contributed by atoms with E-state index < -0.39 is 5.97 Å². The summed E-state index contributed by atoms with van der Waals surface area (Å²) in [6.07, 6.45) is 1.46. The van der Waals surface area contributed by atoms with Gasteiger partial charge in [0, 0.05) is 10.6 Å². The molecule has 1 amide bonds. The van der Waals surface area contributed by atoms with Crippen molar-refractivity contribution in [3.63, 3.8) is 0 Å². The molecular weight excluding hydrogens is 492 g/mol. The Morgan fingerprint density at radius 1 is 0.865 bits per heavy atom. The number of methoxy groups -OCH3 is 1. The molecule has 0 radical (unpaired) electrons. The Labute approximate surface area is 219 Å². The lowest BCUT2D eigenvalue weighted by molar-refractivity contribution is 0.0729. The van der Waals surface area contributed by atoms with Crippen LogP contribution in [0.5, 0.6) is 17.2 Å². The van der Waals surface area contributed by atoms with Gasteiger partial charge in [0.15, 0.2) is 11.5 Å². The summed E-state index contributed by atoms with van der Waals surface area (Å²) < 4.78 is 16.5. The number of amides is 1. The summed E-state index contributed by atoms with van der Waals surface area (Å²) in [5, 5.41) is 4.53. The molecule has 0 saturated carbocycles. The Bertz CT molecular complexity index is 1390. The molecule has 0 spiro atoms. The second kappa shape index (κ2) is 12.4. The van der Waals surface area contributed by atoms with Crippen LogP contribution in [-0.2, 0) is 6.61 Å². The highest BCUT2D eigenvalue weighted by atomic mass is 35.5. The van der Waals surface area contributed by atoms with Crippen LogP contribution in [0.3, 0.4) is 0 Å². The lowest BCUT2D eigenvalue weighted by atomic mass is 10.2. The summed E-state index contributed by atoms with van der Waals surface area (Å²) in [6.45, 7) is 0.444. The van der Waals surface area contributed by atoms with Gasteiger partial charge >= 0.3 is 5.97 Å². The summed E-state index contributed by atoms with van der Waals surface area (Å²) in [7, 11) is 1.46. The van der Waals surface area contributed by atoms with Crippen molar-refractivity contribution in [2.45, 2.75) is 6.61 Å². The third-order valence-corrected chi connectivity index (χ3v) is 5.47. The van der Waals surface area contributed by atoms with E-state index in [2.05, 4.69) is 10.5 Å². The van der Waals surface area contributed by atoms with E-state index >= 15 is 0 Å². The first-order chi connectivity index (χ1) is 18.0. The second-order valence-electron chi connectivity index (χ2n) is 7.80. The van der Waals surface area contributed by atoms with Crippen LogP contribution in [0.2, 0.25) is 5.02 Å². The van der Waals surface area contributed by atoms with E-state index in [9.17, 15) is 9.59 Å². The van der Waals surface area contributed by atoms with E-state index in [1.807, 2.05) is 30.3 Å². The van der Waals surface area contributed by atoms with Crippen molar-refractivity contribution >= 4 is 29.7 Å². The Morgan fingerprint density at radius 3 is 2.27 bits per heavy atom. The zero-order valence-electron chi connectivity index (χ0n) is 19.9. The molecule has 0 aliphatic carbocycles. The van der Waals surface area contributed by atoms with Crippen molar-refractivity contribution in [2.75, 3.05) is 7.11 Å². The number of carbonyl (C=O) groups excluding carboxylic acids is 2. The fourth-order valence-electron chi connectivity index (χ4n) is 3.27. The van der Waals surface area contributed by atoms with Crippen molar-refractivity contribution in [1.82, 2.24) is 5.43 Å². The number of halogens is 1. The van der Waals surface area contributed by atoms with Crippen molar-refractivity contribution in [3.8, 4) is 17.2 Å². The van der Waals surface area contributed by atoms with Gasteiger partial charge in [0.1, 0.15) is 12.4 Å². The van der Waals surface area contributed by atoms with Gasteiger partial charge < -0.3 is 14.2 Å². The van der Waals surface area contributed by atoms with Gasteiger partial charge in [-0.2, -0.15) is 5.10 Å². The molecule has 0 aromatic heterocycles. The van der Waals surface area contributed by atoms with Crippen LogP contribution in [0, 0.1) is 0 Å². The average molecular weight is 515 g/mol. The zero-order chi connectivity index (χ0) is 26.0. The molecule has 0 atom stereocenters. The van der Waals surface area contributed by atoms with Crippen LogP contribution in [-0.4, -0.2) is 25.2 Å². The molecule has 8 heteroatoms. The van der Waals surface area contributed by atoms with Gasteiger partial charge in [-0.3, -0.25) is 4.79 Å².